The third kappa shape index (κ3) is 4.48. The lowest BCUT2D eigenvalue weighted by Crippen LogP contribution is -2.47. The van der Waals surface area contributed by atoms with Gasteiger partial charge in [-0.05, 0) is 30.0 Å². The van der Waals surface area contributed by atoms with Crippen LogP contribution in [0.25, 0.3) is 10.9 Å². The fourth-order valence-corrected chi connectivity index (χ4v) is 3.15. The number of aliphatic carboxylic acids is 1. The van der Waals surface area contributed by atoms with Gasteiger partial charge in [-0.25, -0.2) is 4.79 Å². The molecule has 29 heavy (non-hydrogen) atoms. The van der Waals surface area contributed by atoms with Gasteiger partial charge in [0.2, 0.25) is 5.91 Å². The Kier molecular flexibility index (Phi) is 6.01. The van der Waals surface area contributed by atoms with Crippen molar-refractivity contribution in [3.63, 3.8) is 0 Å². The molecule has 0 aliphatic heterocycles. The zero-order chi connectivity index (χ0) is 21.0. The number of aromatic nitrogens is 3. The lowest BCUT2D eigenvalue weighted by atomic mass is 10.0. The van der Waals surface area contributed by atoms with E-state index in [1.54, 1.807) is 54.6 Å². The van der Waals surface area contributed by atoms with Crippen LogP contribution in [0.5, 0.6) is 0 Å². The summed E-state index contributed by atoms with van der Waals surface area (Å²) in [4.78, 5) is 37.7. The number of hydrogen-bond donors (Lipinski definition) is 2. The van der Waals surface area contributed by atoms with Crippen molar-refractivity contribution in [3.05, 3.63) is 70.5 Å². The first-order valence-corrected chi connectivity index (χ1v) is 9.31. The molecular formula is C21H22N4O4. The van der Waals surface area contributed by atoms with Crippen LogP contribution in [0.1, 0.15) is 31.9 Å². The normalized spacial score (nSPS) is 13.2. The maximum Gasteiger partial charge on any atom is 0.326 e. The Bertz CT molecular complexity index is 1080. The molecule has 3 aromatic rings. The second kappa shape index (κ2) is 8.64. The van der Waals surface area contributed by atoms with E-state index < -0.39 is 29.5 Å². The van der Waals surface area contributed by atoms with Gasteiger partial charge in [-0.15, -0.1) is 5.10 Å². The monoisotopic (exact) mass is 394 g/mol. The standard InChI is InChI=1S/C21H22N4O4/c1-13(2)12-17(21(28)29)22-19(26)18(14-8-4-3-5-9-14)25-20(27)15-10-6-7-11-16(15)23-24-25/h3-11,13,17-18H,12H2,1-2H3,(H,22,26)(H,28,29). The quantitative estimate of drug-likeness (QED) is 0.633. The van der Waals surface area contributed by atoms with Crippen LogP contribution in [-0.4, -0.2) is 38.0 Å². The van der Waals surface area contributed by atoms with Crippen LogP contribution in [0.3, 0.4) is 0 Å². The first-order valence-electron chi connectivity index (χ1n) is 9.31. The summed E-state index contributed by atoms with van der Waals surface area (Å²) >= 11 is 0. The molecule has 2 N–H and O–H groups in total. The smallest absolute Gasteiger partial charge is 0.326 e. The summed E-state index contributed by atoms with van der Waals surface area (Å²) < 4.78 is 1.00. The number of carbonyl (C=O) groups excluding carboxylic acids is 1. The van der Waals surface area contributed by atoms with Crippen molar-refractivity contribution in [1.29, 1.82) is 0 Å². The lowest BCUT2D eigenvalue weighted by molar-refractivity contribution is -0.142. The number of benzene rings is 2. The van der Waals surface area contributed by atoms with E-state index in [1.807, 2.05) is 13.8 Å². The molecule has 150 valence electrons. The van der Waals surface area contributed by atoms with Crippen LogP contribution in [0.4, 0.5) is 0 Å². The van der Waals surface area contributed by atoms with E-state index in [0.717, 1.165) is 4.68 Å². The Morgan fingerprint density at radius 1 is 1.07 bits per heavy atom. The maximum atomic E-state index is 13.1. The molecule has 2 unspecified atom stereocenters. The number of carboxylic acid groups (broad SMARTS) is 1. The Morgan fingerprint density at radius 2 is 1.72 bits per heavy atom. The lowest BCUT2D eigenvalue weighted by Gasteiger charge is -2.22. The van der Waals surface area contributed by atoms with Gasteiger partial charge in [0, 0.05) is 0 Å². The molecule has 0 saturated carbocycles. The van der Waals surface area contributed by atoms with Crippen molar-refractivity contribution in [2.45, 2.75) is 32.4 Å². The highest BCUT2D eigenvalue weighted by Gasteiger charge is 2.30. The van der Waals surface area contributed by atoms with Gasteiger partial charge in [-0.2, -0.15) is 4.68 Å². The number of nitrogens with one attached hydrogen (secondary N) is 1. The number of amides is 1. The molecule has 1 amide bonds. The summed E-state index contributed by atoms with van der Waals surface area (Å²) in [5.74, 6) is -1.69. The zero-order valence-electron chi connectivity index (χ0n) is 16.1. The minimum atomic E-state index is -1.14. The average molecular weight is 394 g/mol. The van der Waals surface area contributed by atoms with Gasteiger partial charge in [0.15, 0.2) is 6.04 Å². The molecule has 8 heteroatoms. The molecule has 0 fully saturated rings. The van der Waals surface area contributed by atoms with Crippen LogP contribution in [0.15, 0.2) is 59.4 Å². The third-order valence-electron chi connectivity index (χ3n) is 4.52. The van der Waals surface area contributed by atoms with Crippen LogP contribution in [-0.2, 0) is 9.59 Å². The first kappa shape index (κ1) is 20.2. The fraction of sp³-hybridized carbons (Fsp3) is 0.286. The highest BCUT2D eigenvalue weighted by Crippen LogP contribution is 2.18. The molecule has 2 aromatic carbocycles. The fourth-order valence-electron chi connectivity index (χ4n) is 3.15. The number of hydrogen-bond acceptors (Lipinski definition) is 5. The van der Waals surface area contributed by atoms with Crippen molar-refractivity contribution in [3.8, 4) is 0 Å². The molecule has 0 spiro atoms. The molecule has 0 saturated heterocycles. The maximum absolute atomic E-state index is 13.1. The Hall–Kier alpha value is -3.55. The largest absolute Gasteiger partial charge is 0.480 e. The van der Waals surface area contributed by atoms with Crippen molar-refractivity contribution in [1.82, 2.24) is 20.3 Å². The number of rotatable bonds is 7. The van der Waals surface area contributed by atoms with Crippen molar-refractivity contribution >= 4 is 22.8 Å². The Morgan fingerprint density at radius 3 is 2.38 bits per heavy atom. The van der Waals surface area contributed by atoms with Gasteiger partial charge in [0.1, 0.15) is 11.6 Å². The second-order valence-electron chi connectivity index (χ2n) is 7.20. The van der Waals surface area contributed by atoms with Gasteiger partial charge in [0.05, 0.1) is 5.39 Å². The SMILES string of the molecule is CC(C)CC(NC(=O)C(c1ccccc1)n1nnc2ccccc2c1=O)C(=O)O. The predicted octanol–water partition coefficient (Wildman–Crippen LogP) is 2.00. The molecule has 2 atom stereocenters. The van der Waals surface area contributed by atoms with Crippen molar-refractivity contribution in [2.75, 3.05) is 0 Å². The zero-order valence-corrected chi connectivity index (χ0v) is 16.1. The van der Waals surface area contributed by atoms with E-state index in [9.17, 15) is 19.5 Å². The van der Waals surface area contributed by atoms with Gasteiger partial charge >= 0.3 is 5.97 Å². The highest BCUT2D eigenvalue weighted by molar-refractivity contribution is 5.88. The molecule has 3 rings (SSSR count). The summed E-state index contributed by atoms with van der Waals surface area (Å²) in [6.07, 6.45) is 0.265. The number of carbonyl (C=O) groups is 2. The van der Waals surface area contributed by atoms with E-state index >= 15 is 0 Å². The van der Waals surface area contributed by atoms with Gasteiger partial charge < -0.3 is 10.4 Å². The first-order chi connectivity index (χ1) is 13.9. The molecule has 1 heterocycles. The van der Waals surface area contributed by atoms with E-state index in [2.05, 4.69) is 15.6 Å². The Labute approximate surface area is 167 Å². The molecule has 0 aliphatic carbocycles. The van der Waals surface area contributed by atoms with Crippen molar-refractivity contribution in [2.24, 2.45) is 5.92 Å². The number of carboxylic acids is 1. The predicted molar refractivity (Wildman–Crippen MR) is 107 cm³/mol. The summed E-state index contributed by atoms with van der Waals surface area (Å²) in [7, 11) is 0. The van der Waals surface area contributed by atoms with Crippen molar-refractivity contribution < 1.29 is 14.7 Å². The Balaban J connectivity index is 2.07. The average Bonchev–Trinajstić information content (AvgIpc) is 2.70. The summed E-state index contributed by atoms with van der Waals surface area (Å²) in [5.41, 5.74) is 0.449. The van der Waals surface area contributed by atoms with Crippen LogP contribution >= 0.6 is 0 Å². The second-order valence-corrected chi connectivity index (χ2v) is 7.20. The minimum Gasteiger partial charge on any atom is -0.480 e. The van der Waals surface area contributed by atoms with E-state index in [0.29, 0.717) is 16.5 Å². The van der Waals surface area contributed by atoms with E-state index in [4.69, 9.17) is 0 Å². The molecule has 0 aliphatic rings. The van der Waals surface area contributed by atoms with Crippen LogP contribution in [0, 0.1) is 5.92 Å². The highest BCUT2D eigenvalue weighted by atomic mass is 16.4. The molecule has 0 radical (unpaired) electrons. The summed E-state index contributed by atoms with van der Waals surface area (Å²) in [6.45, 7) is 3.74. The molecule has 0 bridgehead atoms. The van der Waals surface area contributed by atoms with Crippen LogP contribution in [0.2, 0.25) is 0 Å². The molecular weight excluding hydrogens is 372 g/mol. The third-order valence-corrected chi connectivity index (χ3v) is 4.52. The topological polar surface area (TPSA) is 114 Å². The summed E-state index contributed by atoms with van der Waals surface area (Å²) in [5, 5.41) is 20.4. The van der Waals surface area contributed by atoms with Gasteiger partial charge in [-0.1, -0.05) is 61.5 Å². The van der Waals surface area contributed by atoms with Crippen LogP contribution < -0.4 is 10.9 Å². The molecule has 1 aromatic heterocycles. The summed E-state index contributed by atoms with van der Waals surface area (Å²) in [6, 6.07) is 13.1. The number of nitrogens with zero attached hydrogens (tertiary/aromatic N) is 3. The van der Waals surface area contributed by atoms with Gasteiger partial charge in [-0.3, -0.25) is 9.59 Å². The minimum absolute atomic E-state index is 0.0646. The van der Waals surface area contributed by atoms with E-state index in [1.165, 1.54) is 0 Å². The number of fused-ring (bicyclic) bond motifs is 1. The van der Waals surface area contributed by atoms with Gasteiger partial charge in [0.25, 0.3) is 5.56 Å². The van der Waals surface area contributed by atoms with E-state index in [-0.39, 0.29) is 12.3 Å². The molecule has 8 nitrogen and oxygen atoms in total.